The smallest absolute Gasteiger partial charge is 0.419 e. The second kappa shape index (κ2) is 11.7. The van der Waals surface area contributed by atoms with Crippen LogP contribution in [0.5, 0.6) is 0 Å². The molecule has 0 saturated carbocycles. The third-order valence-electron chi connectivity index (χ3n) is 4.51. The number of carbonyl (C=O) groups excluding carboxylic acids is 2. The molecular formula is C25H28F4N2O3. The second-order valence-corrected chi connectivity index (χ2v) is 8.55. The van der Waals surface area contributed by atoms with Gasteiger partial charge in [-0.15, -0.1) is 0 Å². The summed E-state index contributed by atoms with van der Waals surface area (Å²) in [4.78, 5) is 24.2. The zero-order chi connectivity index (χ0) is 25.4. The van der Waals surface area contributed by atoms with E-state index >= 15 is 0 Å². The van der Waals surface area contributed by atoms with Crippen LogP contribution in [0.25, 0.3) is 12.2 Å². The van der Waals surface area contributed by atoms with Gasteiger partial charge in [0.25, 0.3) is 5.91 Å². The lowest BCUT2D eigenvalue weighted by atomic mass is 10.0. The first-order chi connectivity index (χ1) is 15.9. The monoisotopic (exact) mass is 480 g/mol. The lowest BCUT2D eigenvalue weighted by Crippen LogP contribution is -2.33. The van der Waals surface area contributed by atoms with E-state index in [1.807, 2.05) is 0 Å². The highest BCUT2D eigenvalue weighted by atomic mass is 19.4. The van der Waals surface area contributed by atoms with Gasteiger partial charge in [0, 0.05) is 18.7 Å². The number of nitrogens with one attached hydrogen (secondary N) is 2. The number of ether oxygens (including phenoxy) is 1. The van der Waals surface area contributed by atoms with Crippen molar-refractivity contribution in [3.05, 3.63) is 70.5 Å². The molecule has 0 saturated heterocycles. The van der Waals surface area contributed by atoms with Crippen LogP contribution in [0.2, 0.25) is 0 Å². The molecule has 2 aromatic rings. The van der Waals surface area contributed by atoms with Crippen LogP contribution >= 0.6 is 0 Å². The molecule has 2 amide bonds. The van der Waals surface area contributed by atoms with Crippen molar-refractivity contribution in [2.75, 3.05) is 13.1 Å². The number of alkyl halides is 3. The van der Waals surface area contributed by atoms with Crippen LogP contribution in [0, 0.1) is 5.82 Å². The topological polar surface area (TPSA) is 67.4 Å². The van der Waals surface area contributed by atoms with Crippen LogP contribution in [0.15, 0.2) is 42.5 Å². The van der Waals surface area contributed by atoms with Crippen molar-refractivity contribution in [3.63, 3.8) is 0 Å². The van der Waals surface area contributed by atoms with Crippen molar-refractivity contribution >= 4 is 24.2 Å². The van der Waals surface area contributed by atoms with Crippen LogP contribution in [0.3, 0.4) is 0 Å². The highest BCUT2D eigenvalue weighted by molar-refractivity contribution is 5.98. The molecule has 0 bridgehead atoms. The standard InChI is InChI=1S/C25H28F4N2O3/c1-24(2,3)34-23(33)31-15-7-6-14-30-22(32)19-9-5-4-8-18(19)12-10-17-11-13-21(26)20(16-17)25(27,28)29/h4-5,8-13,16H,6-7,14-15H2,1-3H3,(H,30,32)(H,31,33)/b12-10+. The summed E-state index contributed by atoms with van der Waals surface area (Å²) in [5.74, 6) is -1.68. The molecule has 0 heterocycles. The highest BCUT2D eigenvalue weighted by Gasteiger charge is 2.34. The minimum absolute atomic E-state index is 0.154. The van der Waals surface area contributed by atoms with Gasteiger partial charge in [-0.25, -0.2) is 9.18 Å². The number of hydrogen-bond acceptors (Lipinski definition) is 3. The van der Waals surface area contributed by atoms with Gasteiger partial charge in [-0.05, 0) is 62.9 Å². The average molecular weight is 481 g/mol. The molecule has 0 aliphatic heterocycles. The molecular weight excluding hydrogens is 452 g/mol. The maximum Gasteiger partial charge on any atom is 0.419 e. The Balaban J connectivity index is 1.91. The number of rotatable bonds is 8. The van der Waals surface area contributed by atoms with Crippen LogP contribution in [-0.4, -0.2) is 30.7 Å². The number of benzene rings is 2. The zero-order valence-electron chi connectivity index (χ0n) is 19.3. The van der Waals surface area contributed by atoms with E-state index < -0.39 is 29.3 Å². The van der Waals surface area contributed by atoms with Gasteiger partial charge in [-0.2, -0.15) is 13.2 Å². The first-order valence-electron chi connectivity index (χ1n) is 10.8. The van der Waals surface area contributed by atoms with E-state index in [0.29, 0.717) is 37.1 Å². The molecule has 0 spiro atoms. The van der Waals surface area contributed by atoms with Crippen molar-refractivity contribution < 1.29 is 31.9 Å². The van der Waals surface area contributed by atoms with Gasteiger partial charge in [0.1, 0.15) is 11.4 Å². The summed E-state index contributed by atoms with van der Waals surface area (Å²) in [6.07, 6.45) is -1.15. The summed E-state index contributed by atoms with van der Waals surface area (Å²) in [6, 6.07) is 9.35. The van der Waals surface area contributed by atoms with Crippen molar-refractivity contribution in [1.29, 1.82) is 0 Å². The summed E-state index contributed by atoms with van der Waals surface area (Å²) in [6.45, 7) is 6.10. The number of hydrogen-bond donors (Lipinski definition) is 2. The quantitative estimate of drug-likeness (QED) is 0.275. The predicted molar refractivity (Wildman–Crippen MR) is 123 cm³/mol. The molecule has 0 atom stereocenters. The summed E-state index contributed by atoms with van der Waals surface area (Å²) < 4.78 is 57.4. The number of halogens is 4. The third-order valence-corrected chi connectivity index (χ3v) is 4.51. The Kier molecular flexibility index (Phi) is 9.23. The van der Waals surface area contributed by atoms with Gasteiger partial charge < -0.3 is 15.4 Å². The molecule has 2 aromatic carbocycles. The molecule has 34 heavy (non-hydrogen) atoms. The molecule has 0 aliphatic rings. The molecule has 0 aliphatic carbocycles. The van der Waals surface area contributed by atoms with Crippen molar-refractivity contribution in [3.8, 4) is 0 Å². The minimum Gasteiger partial charge on any atom is -0.444 e. The van der Waals surface area contributed by atoms with Crippen molar-refractivity contribution in [1.82, 2.24) is 10.6 Å². The van der Waals surface area contributed by atoms with Crippen molar-refractivity contribution in [2.45, 2.75) is 45.4 Å². The molecule has 5 nitrogen and oxygen atoms in total. The maximum absolute atomic E-state index is 13.5. The zero-order valence-corrected chi connectivity index (χ0v) is 19.3. The van der Waals surface area contributed by atoms with Gasteiger partial charge in [0.15, 0.2) is 0 Å². The van der Waals surface area contributed by atoms with E-state index in [2.05, 4.69) is 10.6 Å². The van der Waals surface area contributed by atoms with Crippen LogP contribution in [0.4, 0.5) is 22.4 Å². The molecule has 0 radical (unpaired) electrons. The fourth-order valence-electron chi connectivity index (χ4n) is 2.95. The van der Waals surface area contributed by atoms with E-state index in [4.69, 9.17) is 4.74 Å². The number of amides is 2. The molecule has 2 N–H and O–H groups in total. The number of unbranched alkanes of at least 4 members (excludes halogenated alkanes) is 1. The SMILES string of the molecule is CC(C)(C)OC(=O)NCCCCNC(=O)c1ccccc1/C=C/c1ccc(F)c(C(F)(F)F)c1. The maximum atomic E-state index is 13.5. The highest BCUT2D eigenvalue weighted by Crippen LogP contribution is 2.32. The lowest BCUT2D eigenvalue weighted by molar-refractivity contribution is -0.140. The molecule has 0 aromatic heterocycles. The van der Waals surface area contributed by atoms with Crippen LogP contribution < -0.4 is 10.6 Å². The lowest BCUT2D eigenvalue weighted by Gasteiger charge is -2.19. The van der Waals surface area contributed by atoms with Crippen molar-refractivity contribution in [2.24, 2.45) is 0 Å². The molecule has 2 rings (SSSR count). The largest absolute Gasteiger partial charge is 0.444 e. The summed E-state index contributed by atoms with van der Waals surface area (Å²) in [5.41, 5.74) is -0.909. The first kappa shape index (κ1) is 26.9. The van der Waals surface area contributed by atoms with E-state index in [0.717, 1.165) is 12.1 Å². The fourth-order valence-corrected chi connectivity index (χ4v) is 2.95. The summed E-state index contributed by atoms with van der Waals surface area (Å²) in [5, 5.41) is 5.43. The van der Waals surface area contributed by atoms with Gasteiger partial charge in [0.05, 0.1) is 5.56 Å². The molecule has 0 unspecified atom stereocenters. The van der Waals surface area contributed by atoms with Crippen LogP contribution in [0.1, 0.15) is 60.7 Å². The van der Waals surface area contributed by atoms with Gasteiger partial charge in [-0.3, -0.25) is 4.79 Å². The van der Waals surface area contributed by atoms with Gasteiger partial charge >= 0.3 is 12.3 Å². The normalized spacial score (nSPS) is 12.0. The summed E-state index contributed by atoms with van der Waals surface area (Å²) in [7, 11) is 0. The van der Waals surface area contributed by atoms with E-state index in [1.54, 1.807) is 45.0 Å². The Morgan fingerprint density at radius 3 is 2.24 bits per heavy atom. The van der Waals surface area contributed by atoms with Gasteiger partial charge in [-0.1, -0.05) is 36.4 Å². The summed E-state index contributed by atoms with van der Waals surface area (Å²) >= 11 is 0. The van der Waals surface area contributed by atoms with Gasteiger partial charge in [0.2, 0.25) is 0 Å². The third kappa shape index (κ3) is 8.88. The number of alkyl carbamates (subject to hydrolysis) is 1. The minimum atomic E-state index is -4.80. The Bertz CT molecular complexity index is 1030. The molecule has 9 heteroatoms. The fraction of sp³-hybridized carbons (Fsp3) is 0.360. The van der Waals surface area contributed by atoms with E-state index in [1.165, 1.54) is 18.2 Å². The molecule has 0 fully saturated rings. The average Bonchev–Trinajstić information content (AvgIpc) is 2.73. The Labute approximate surface area is 196 Å². The Hall–Kier alpha value is -3.36. The van der Waals surface area contributed by atoms with E-state index in [9.17, 15) is 27.2 Å². The Morgan fingerprint density at radius 2 is 1.59 bits per heavy atom. The second-order valence-electron chi connectivity index (χ2n) is 8.55. The predicted octanol–water partition coefficient (Wildman–Crippen LogP) is 6.05. The first-order valence-corrected chi connectivity index (χ1v) is 10.8. The Morgan fingerprint density at radius 1 is 0.941 bits per heavy atom. The molecule has 184 valence electrons. The van der Waals surface area contributed by atoms with Crippen LogP contribution in [-0.2, 0) is 10.9 Å². The number of carbonyl (C=O) groups is 2. The van der Waals surface area contributed by atoms with E-state index in [-0.39, 0.29) is 11.5 Å².